The van der Waals surface area contributed by atoms with Gasteiger partial charge in [0.05, 0.1) is 69.5 Å². The summed E-state index contributed by atoms with van der Waals surface area (Å²) in [5.41, 5.74) is 1.62. The van der Waals surface area contributed by atoms with Crippen molar-refractivity contribution < 1.29 is 160 Å². The van der Waals surface area contributed by atoms with E-state index in [1.165, 1.54) is 45.2 Å². The van der Waals surface area contributed by atoms with Gasteiger partial charge in [-0.1, -0.05) is 6.07 Å². The van der Waals surface area contributed by atoms with Crippen molar-refractivity contribution in [2.24, 2.45) is 0 Å². The predicted octanol–water partition coefficient (Wildman–Crippen LogP) is 20.8. The minimum Gasteiger partial charge on any atom is -0.507 e. The second kappa shape index (κ2) is 52.2. The zero-order chi connectivity index (χ0) is 93.5. The van der Waals surface area contributed by atoms with Gasteiger partial charge in [0, 0.05) is 61.6 Å². The van der Waals surface area contributed by atoms with Crippen molar-refractivity contribution in [1.29, 1.82) is 0 Å². The van der Waals surface area contributed by atoms with E-state index in [0.29, 0.717) is 41.8 Å². The molecular formula is C74H74BrClF15N6O22PSSi. The topological polar surface area (TPSA) is 393 Å². The van der Waals surface area contributed by atoms with Crippen LogP contribution in [0.3, 0.4) is 0 Å². The second-order valence-electron chi connectivity index (χ2n) is 24.3. The molecule has 1 aliphatic heterocycles. The highest BCUT2D eigenvalue weighted by Gasteiger charge is 2.51. The van der Waals surface area contributed by atoms with Crippen LogP contribution in [0.1, 0.15) is 88.3 Å². The van der Waals surface area contributed by atoms with Gasteiger partial charge < -0.3 is 53.1 Å². The number of hydrogen-bond donors (Lipinski definition) is 5. The van der Waals surface area contributed by atoms with E-state index in [-0.39, 0.29) is 76.4 Å². The number of aliphatic hydroxyl groups is 1. The summed E-state index contributed by atoms with van der Waals surface area (Å²) in [5.74, 6) is -7.54. The Labute approximate surface area is 699 Å². The van der Waals surface area contributed by atoms with E-state index in [0.717, 1.165) is 108 Å². The third-order valence-electron chi connectivity index (χ3n) is 13.8. The Morgan fingerprint density at radius 2 is 1.10 bits per heavy atom. The lowest BCUT2D eigenvalue weighted by Crippen LogP contribution is -2.27. The van der Waals surface area contributed by atoms with Crippen LogP contribution in [0, 0.1) is 81.4 Å². The van der Waals surface area contributed by atoms with E-state index >= 15 is 0 Å². The first kappa shape index (κ1) is 109. The molecule has 0 radical (unpaired) electrons. The highest BCUT2D eigenvalue weighted by atomic mass is 79.9. The van der Waals surface area contributed by atoms with Gasteiger partial charge >= 0.3 is 61.0 Å². The van der Waals surface area contributed by atoms with Crippen molar-refractivity contribution in [1.82, 2.24) is 9.97 Å². The molecule has 5 N–H and O–H groups in total. The number of nitrogens with zero attached hydrogens (tertiary/aromatic N) is 5. The number of fused-ring (bicyclic) bond motifs is 3. The van der Waals surface area contributed by atoms with E-state index in [9.17, 15) is 118 Å². The summed E-state index contributed by atoms with van der Waals surface area (Å²) in [4.78, 5) is 71.7. The Morgan fingerprint density at radius 1 is 0.689 bits per heavy atom. The number of carbonyl (C=O) groups is 4. The van der Waals surface area contributed by atoms with Crippen LogP contribution in [0.2, 0.25) is 19.6 Å². The summed E-state index contributed by atoms with van der Waals surface area (Å²) in [6.45, 7) is 11.8. The molecule has 666 valence electrons. The van der Waals surface area contributed by atoms with Crippen LogP contribution >= 0.6 is 35.1 Å². The molecule has 0 saturated heterocycles. The number of pyridine rings is 2. The number of aromatic hydroxyl groups is 1. The van der Waals surface area contributed by atoms with Crippen LogP contribution in [-0.4, -0.2) is 137 Å². The third-order valence-corrected chi connectivity index (χ3v) is 18.0. The maximum Gasteiger partial charge on any atom is 0.410 e. The van der Waals surface area contributed by atoms with Crippen molar-refractivity contribution in [3.63, 3.8) is 0 Å². The predicted molar refractivity (Wildman–Crippen MR) is 419 cm³/mol. The van der Waals surface area contributed by atoms with Crippen molar-refractivity contribution >= 4 is 116 Å². The number of aliphatic hydroxyl groups excluding tert-OH is 1. The molecule has 0 amide bonds. The SMILES string of the molecule is CCOP(=O)(OCC)C(F)(F)Br.COC(=O)Cl.CS(=O)(=O)O.C[C@H]1CCc2c(ccc(F)c2[N+](=O)[O-])N1.Cc1ccc2c([N+](=O)[O-])c(F)ccc2n1.Cc1ccc2cc(F)ccc2n1.O=C(O)C(O)c1cc(F)ccc1OC(F)F.O=Cc1cc(F)ccc1O.O=Cc1cc(F)ccc1OC(F)F.[C-]#[N+]C(O[Si](C)(C)C)c1cc(F)ccc1OC(F)F. The minimum atomic E-state index is -4.32. The van der Waals surface area contributed by atoms with Crippen molar-refractivity contribution in [3.8, 4) is 23.0 Å². The number of carboxylic acid groups (broad SMARTS) is 1. The molecule has 0 saturated carbocycles. The number of rotatable bonds is 20. The van der Waals surface area contributed by atoms with Gasteiger partial charge in [-0.15, -0.1) is 0 Å². The van der Waals surface area contributed by atoms with Crippen LogP contribution in [0.25, 0.3) is 26.7 Å². The van der Waals surface area contributed by atoms with Crippen molar-refractivity contribution in [3.05, 3.63) is 251 Å². The Hall–Kier alpha value is -11.2. The number of carbonyl (C=O) groups excluding carboxylic acids is 3. The molecule has 0 bridgehead atoms. The highest BCUT2D eigenvalue weighted by molar-refractivity contribution is 9.11. The van der Waals surface area contributed by atoms with E-state index in [2.05, 4.69) is 59.7 Å². The summed E-state index contributed by atoms with van der Waals surface area (Å²) in [5, 5.41) is 52.0. The van der Waals surface area contributed by atoms with Gasteiger partial charge in [0.2, 0.25) is 11.6 Å². The molecule has 10 rings (SSSR count). The lowest BCUT2D eigenvalue weighted by molar-refractivity contribution is -0.388. The Bertz CT molecular complexity index is 5150. The molecule has 1 aliphatic rings. The van der Waals surface area contributed by atoms with Gasteiger partial charge in [-0.3, -0.25) is 53.7 Å². The van der Waals surface area contributed by atoms with Gasteiger partial charge in [-0.25, -0.2) is 38.1 Å². The molecule has 0 fully saturated rings. The average molecular weight is 1890 g/mol. The summed E-state index contributed by atoms with van der Waals surface area (Å²) < 4.78 is 251. The number of nitrogens with one attached hydrogen (secondary N) is 1. The largest absolute Gasteiger partial charge is 0.507 e. The number of phenolic OH excluding ortho intramolecular Hbond substituents is 1. The summed E-state index contributed by atoms with van der Waals surface area (Å²) >= 11 is 6.56. The average Bonchev–Trinajstić information content (AvgIpc) is 0.791. The number of aldehydes is 2. The number of alkyl halides is 9. The number of carboxylic acids is 1. The molecular weight excluding hydrogens is 1820 g/mol. The van der Waals surface area contributed by atoms with Gasteiger partial charge in [0.1, 0.15) is 57.6 Å². The van der Waals surface area contributed by atoms with E-state index in [1.807, 2.05) is 61.6 Å². The van der Waals surface area contributed by atoms with Gasteiger partial charge in [0.15, 0.2) is 27.0 Å². The number of aliphatic carboxylic acids is 1. The quantitative estimate of drug-likeness (QED) is 0.00452. The number of halogens is 17. The smallest absolute Gasteiger partial charge is 0.410 e. The number of nitro benzene ring substituents is 2. The molecule has 122 heavy (non-hydrogen) atoms. The maximum absolute atomic E-state index is 13.3. The van der Waals surface area contributed by atoms with E-state index in [1.54, 1.807) is 25.1 Å². The molecule has 28 nitrogen and oxygen atoms in total. The van der Waals surface area contributed by atoms with E-state index in [4.69, 9.17) is 30.9 Å². The summed E-state index contributed by atoms with van der Waals surface area (Å²) in [6, 6.07) is 28.2. The fourth-order valence-corrected chi connectivity index (χ4v) is 11.5. The normalized spacial score (nSPS) is 12.3. The first-order valence-corrected chi connectivity index (χ1v) is 41.7. The summed E-state index contributed by atoms with van der Waals surface area (Å²) in [6.07, 6.45) is -0.554. The number of benzene rings is 7. The van der Waals surface area contributed by atoms with E-state index < -0.39 is 136 Å². The number of phenols is 1. The zero-order valence-corrected chi connectivity index (χ0v) is 69.9. The number of aromatic nitrogens is 2. The maximum atomic E-state index is 13.3. The first-order chi connectivity index (χ1) is 56.6. The Kier molecular flexibility index (Phi) is 46.6. The number of ether oxygens (including phenoxy) is 4. The minimum absolute atomic E-state index is 0.0160. The lowest BCUT2D eigenvalue weighted by Gasteiger charge is -2.23. The molecule has 0 spiro atoms. The van der Waals surface area contributed by atoms with Crippen molar-refractivity contribution in [2.75, 3.05) is 31.9 Å². The molecule has 48 heteroatoms. The Morgan fingerprint density at radius 3 is 1.54 bits per heavy atom. The molecule has 3 atom stereocenters. The summed E-state index contributed by atoms with van der Waals surface area (Å²) in [7, 11) is -8.85. The fourth-order valence-electron chi connectivity index (χ4n) is 8.98. The third kappa shape index (κ3) is 40.5. The van der Waals surface area contributed by atoms with Crippen LogP contribution in [0.4, 0.5) is 87.7 Å². The van der Waals surface area contributed by atoms with Gasteiger partial charge in [-0.2, -0.15) is 52.3 Å². The molecule has 2 aromatic heterocycles. The number of hydrogen-bond acceptors (Lipinski definition) is 23. The van der Waals surface area contributed by atoms with Crippen LogP contribution < -0.4 is 19.5 Å². The number of anilines is 1. The first-order valence-electron chi connectivity index (χ1n) is 33.7. The number of methoxy groups -OCH3 is 1. The van der Waals surface area contributed by atoms with Crippen molar-refractivity contribution in [2.45, 2.75) is 110 Å². The Balaban J connectivity index is 0.000000689. The molecule has 2 unspecified atom stereocenters. The molecule has 3 heterocycles. The number of aryl methyl sites for hydroxylation is 2. The second-order valence-corrected chi connectivity index (χ2v) is 34.2. The molecule has 7 aromatic carbocycles. The molecule has 0 aliphatic carbocycles. The van der Waals surface area contributed by atoms with Crippen LogP contribution in [0.5, 0.6) is 23.0 Å². The lowest BCUT2D eigenvalue weighted by atomic mass is 9.97. The zero-order valence-electron chi connectivity index (χ0n) is 64.9. The van der Waals surface area contributed by atoms with Gasteiger partial charge in [0.25, 0.3) is 10.1 Å². The van der Waals surface area contributed by atoms with Crippen LogP contribution in [-0.2, 0) is 44.1 Å². The highest BCUT2D eigenvalue weighted by Crippen LogP contribution is 2.64. The number of nitro groups is 2. The fraction of sp³-hybridized carbons (Fsp3) is 0.284. The standard InChI is InChI=1S/C12H14F3NO2Si.C10H11FN2O2.C10H7FN2O2.C10H8FN.C9H7F3O4.C8H5F3O2.C7H5FO2.C5H10BrF2O3P.C2H3ClO2.CH4O3S/c1-16-11(18-19(2,3)4)9-7-8(13)5-6-10(9)17-12(14)15;2*1-6-2-3-7-9(12-6)5-4-8(11)10(7)13(14)15;1-7-2-3-8-6-9(11)4-5-10(8)12-7;10-4-1-2-6(16-9(11)12)5(3-4)7(13)8(14)15;9-6-1-2-7(13-8(10)11)5(3-6)4-12;8-6-1-2-7(10)5(3-6)4-9;1-3-10-12(9,11-4-2)5(6,7)8;1-5-2(3)4;1-5(2,3)4/h5-7,11-12H,2-4H3;4-6,12H,2-3H2,1H3;2-5H,1H3;2-6H,1H3;1-3,7,9,13H,(H,14,15);1-4,8H;1-4,10H;3-4H2,1-2H3;1H3;1H3,(H,2,3,4)/t;6-;;;;;;;;/m.0......../s1. The monoisotopic (exact) mass is 1890 g/mol. The van der Waals surface area contributed by atoms with Crippen LogP contribution in [0.15, 0.2) is 140 Å². The van der Waals surface area contributed by atoms with Gasteiger partial charge in [-0.05, 0) is 201 Å². The molecule has 9 aromatic rings.